The second kappa shape index (κ2) is 15.0. The van der Waals surface area contributed by atoms with Crippen molar-refractivity contribution in [3.05, 3.63) is 35.9 Å². The van der Waals surface area contributed by atoms with E-state index in [1.165, 1.54) is 44.7 Å². The van der Waals surface area contributed by atoms with Gasteiger partial charge in [0.05, 0.1) is 12.1 Å². The van der Waals surface area contributed by atoms with Gasteiger partial charge >= 0.3 is 0 Å². The first kappa shape index (κ1) is 27.1. The maximum atomic E-state index is 5.45. The molecule has 0 saturated carbocycles. The van der Waals surface area contributed by atoms with Crippen LogP contribution in [-0.2, 0) is 11.3 Å². The van der Waals surface area contributed by atoms with Crippen molar-refractivity contribution in [2.75, 3.05) is 59.5 Å². The first-order valence-electron chi connectivity index (χ1n) is 11.1. The summed E-state index contributed by atoms with van der Waals surface area (Å²) in [6.07, 6.45) is 2.37. The van der Waals surface area contributed by atoms with Gasteiger partial charge in [0.15, 0.2) is 5.96 Å². The first-order chi connectivity index (χ1) is 14.0. The summed E-state index contributed by atoms with van der Waals surface area (Å²) in [5, 5.41) is 6.76. The number of methoxy groups -OCH3 is 1. The van der Waals surface area contributed by atoms with E-state index in [2.05, 4.69) is 76.5 Å². The number of nitrogens with one attached hydrogen (secondary N) is 2. The third-order valence-electron chi connectivity index (χ3n) is 5.42. The van der Waals surface area contributed by atoms with Crippen LogP contribution < -0.4 is 10.6 Å². The summed E-state index contributed by atoms with van der Waals surface area (Å²) >= 11 is 0. The lowest BCUT2D eigenvalue weighted by Gasteiger charge is -2.34. The molecule has 1 aromatic carbocycles. The van der Waals surface area contributed by atoms with Gasteiger partial charge in [0.25, 0.3) is 0 Å². The topological polar surface area (TPSA) is 52.1 Å². The average molecular weight is 532 g/mol. The van der Waals surface area contributed by atoms with Crippen molar-refractivity contribution < 1.29 is 4.74 Å². The fourth-order valence-corrected chi connectivity index (χ4v) is 3.36. The molecule has 30 heavy (non-hydrogen) atoms. The molecule has 0 spiro atoms. The molecular weight excluding hydrogens is 489 g/mol. The molecule has 1 aliphatic rings. The molecule has 1 aromatic rings. The summed E-state index contributed by atoms with van der Waals surface area (Å²) < 4.78 is 5.45. The van der Waals surface area contributed by atoms with Gasteiger partial charge in [-0.25, -0.2) is 0 Å². The van der Waals surface area contributed by atoms with Crippen LogP contribution in [0.1, 0.15) is 39.2 Å². The zero-order valence-corrected chi connectivity index (χ0v) is 21.7. The number of hydrogen-bond acceptors (Lipinski definition) is 4. The molecule has 0 aliphatic carbocycles. The molecule has 0 atom stereocenters. The highest BCUT2D eigenvalue weighted by atomic mass is 127. The maximum absolute atomic E-state index is 5.45. The molecule has 1 saturated heterocycles. The predicted octanol–water partition coefficient (Wildman–Crippen LogP) is 3.18. The summed E-state index contributed by atoms with van der Waals surface area (Å²) in [6, 6.07) is 10.8. The van der Waals surface area contributed by atoms with E-state index in [0.717, 1.165) is 32.0 Å². The van der Waals surface area contributed by atoms with Gasteiger partial charge in [0, 0.05) is 52.9 Å². The van der Waals surface area contributed by atoms with Crippen LogP contribution in [0, 0.1) is 0 Å². The van der Waals surface area contributed by atoms with Crippen LogP contribution in [0.15, 0.2) is 35.3 Å². The van der Waals surface area contributed by atoms with E-state index in [1.807, 2.05) is 0 Å². The molecule has 2 rings (SSSR count). The van der Waals surface area contributed by atoms with E-state index >= 15 is 0 Å². The molecule has 7 heteroatoms. The van der Waals surface area contributed by atoms with E-state index < -0.39 is 0 Å². The Morgan fingerprint density at radius 2 is 1.70 bits per heavy atom. The lowest BCUT2D eigenvalue weighted by atomic mass is 10.1. The highest BCUT2D eigenvalue weighted by molar-refractivity contribution is 14.0. The number of rotatable bonds is 11. The van der Waals surface area contributed by atoms with Crippen molar-refractivity contribution in [1.82, 2.24) is 20.4 Å². The molecule has 6 nitrogen and oxygen atoms in total. The van der Waals surface area contributed by atoms with Crippen LogP contribution in [-0.4, -0.2) is 80.8 Å². The quantitative estimate of drug-likeness (QED) is 0.199. The summed E-state index contributed by atoms with van der Waals surface area (Å²) in [5.41, 5.74) is 1.18. The molecule has 1 heterocycles. The van der Waals surface area contributed by atoms with Gasteiger partial charge in [0.2, 0.25) is 0 Å². The number of nitrogens with zero attached hydrogens (tertiary/aromatic N) is 3. The molecule has 2 N–H and O–H groups in total. The Balaban J connectivity index is 0.00000450. The van der Waals surface area contributed by atoms with E-state index in [1.54, 1.807) is 7.11 Å². The first-order valence-corrected chi connectivity index (χ1v) is 11.1. The number of aliphatic imine (C=N–C) groups is 1. The normalized spacial score (nSPS) is 16.2. The lowest BCUT2D eigenvalue weighted by molar-refractivity contribution is 0.0310. The number of hydrogen-bond donors (Lipinski definition) is 2. The second-order valence-electron chi connectivity index (χ2n) is 8.40. The standard InChI is InChI=1S/C23H41N5O.HI/c1-5-24-22(26-20-23(2,3)29-4)25-13-9-10-14-27-15-17-28(18-16-27)19-21-11-7-6-8-12-21;/h6-8,11-12H,5,9-10,13-20H2,1-4H3,(H2,24,25,26);1H. The highest BCUT2D eigenvalue weighted by Crippen LogP contribution is 2.09. The molecule has 0 amide bonds. The zero-order chi connectivity index (χ0) is 21.0. The molecule has 0 unspecified atom stereocenters. The van der Waals surface area contributed by atoms with Gasteiger partial charge in [-0.1, -0.05) is 30.3 Å². The van der Waals surface area contributed by atoms with Crippen molar-refractivity contribution in [3.63, 3.8) is 0 Å². The fourth-order valence-electron chi connectivity index (χ4n) is 3.36. The monoisotopic (exact) mass is 531 g/mol. The number of ether oxygens (including phenoxy) is 1. The lowest BCUT2D eigenvalue weighted by Crippen LogP contribution is -2.46. The van der Waals surface area contributed by atoms with Gasteiger partial charge in [-0.3, -0.25) is 9.89 Å². The van der Waals surface area contributed by atoms with Gasteiger partial charge in [-0.15, -0.1) is 24.0 Å². The number of guanidine groups is 1. The number of unbranched alkanes of at least 4 members (excludes halogenated alkanes) is 1. The van der Waals surface area contributed by atoms with Gasteiger partial charge in [-0.2, -0.15) is 0 Å². The van der Waals surface area contributed by atoms with Gasteiger partial charge < -0.3 is 20.3 Å². The van der Waals surface area contributed by atoms with Gasteiger partial charge in [-0.05, 0) is 45.7 Å². The summed E-state index contributed by atoms with van der Waals surface area (Å²) in [5.74, 6) is 0.882. The number of benzene rings is 1. The summed E-state index contributed by atoms with van der Waals surface area (Å²) in [6.45, 7) is 15.6. The third kappa shape index (κ3) is 10.9. The van der Waals surface area contributed by atoms with Crippen molar-refractivity contribution in [3.8, 4) is 0 Å². The van der Waals surface area contributed by atoms with Crippen molar-refractivity contribution >= 4 is 29.9 Å². The highest BCUT2D eigenvalue weighted by Gasteiger charge is 2.17. The Labute approximate surface area is 200 Å². The van der Waals surface area contributed by atoms with Crippen molar-refractivity contribution in [2.45, 2.75) is 45.8 Å². The Morgan fingerprint density at radius 3 is 2.33 bits per heavy atom. The van der Waals surface area contributed by atoms with E-state index in [4.69, 9.17) is 4.74 Å². The van der Waals surface area contributed by atoms with Crippen LogP contribution in [0.2, 0.25) is 0 Å². The largest absolute Gasteiger partial charge is 0.377 e. The molecule has 0 aromatic heterocycles. The smallest absolute Gasteiger partial charge is 0.191 e. The minimum Gasteiger partial charge on any atom is -0.377 e. The third-order valence-corrected chi connectivity index (χ3v) is 5.42. The Hall–Kier alpha value is -0.900. The molecule has 0 radical (unpaired) electrons. The van der Waals surface area contributed by atoms with Crippen LogP contribution in [0.5, 0.6) is 0 Å². The average Bonchev–Trinajstić information content (AvgIpc) is 2.73. The van der Waals surface area contributed by atoms with Gasteiger partial charge in [0.1, 0.15) is 0 Å². The molecule has 172 valence electrons. The predicted molar refractivity (Wildman–Crippen MR) is 138 cm³/mol. The minimum atomic E-state index is -0.231. The molecule has 1 aliphatic heterocycles. The molecular formula is C23H42IN5O. The second-order valence-corrected chi connectivity index (χ2v) is 8.40. The Kier molecular flexibility index (Phi) is 13.6. The maximum Gasteiger partial charge on any atom is 0.191 e. The van der Waals surface area contributed by atoms with E-state index in [9.17, 15) is 0 Å². The number of piperazine rings is 1. The Morgan fingerprint density at radius 1 is 1.03 bits per heavy atom. The molecule has 1 fully saturated rings. The van der Waals surface area contributed by atoms with E-state index in [0.29, 0.717) is 6.54 Å². The number of halogens is 1. The van der Waals surface area contributed by atoms with Crippen molar-refractivity contribution in [1.29, 1.82) is 0 Å². The molecule has 0 bridgehead atoms. The van der Waals surface area contributed by atoms with E-state index in [-0.39, 0.29) is 29.6 Å². The van der Waals surface area contributed by atoms with Crippen LogP contribution in [0.25, 0.3) is 0 Å². The SMILES string of the molecule is CCNC(=NCC(C)(C)OC)NCCCCN1CCN(Cc2ccccc2)CC1.I. The van der Waals surface area contributed by atoms with Crippen LogP contribution >= 0.6 is 24.0 Å². The van der Waals surface area contributed by atoms with Crippen molar-refractivity contribution in [2.24, 2.45) is 4.99 Å². The Bertz CT molecular complexity index is 589. The summed E-state index contributed by atoms with van der Waals surface area (Å²) in [7, 11) is 1.73. The zero-order valence-electron chi connectivity index (χ0n) is 19.3. The summed E-state index contributed by atoms with van der Waals surface area (Å²) in [4.78, 5) is 9.80. The van der Waals surface area contributed by atoms with Crippen LogP contribution in [0.4, 0.5) is 0 Å². The minimum absolute atomic E-state index is 0. The van der Waals surface area contributed by atoms with Crippen LogP contribution in [0.3, 0.4) is 0 Å². The fraction of sp³-hybridized carbons (Fsp3) is 0.696.